The molecule has 27 heavy (non-hydrogen) atoms. The molecular formula is C20H21N5O2. The predicted octanol–water partition coefficient (Wildman–Crippen LogP) is 3.85. The first-order valence-corrected chi connectivity index (χ1v) is 9.38. The van der Waals surface area contributed by atoms with Gasteiger partial charge in [-0.3, -0.25) is 9.36 Å². The number of imidazole rings is 1. The Labute approximate surface area is 156 Å². The third kappa shape index (κ3) is 3.31. The van der Waals surface area contributed by atoms with Crippen LogP contribution in [0.2, 0.25) is 0 Å². The largest absolute Gasteiger partial charge is 0.425 e. The van der Waals surface area contributed by atoms with Gasteiger partial charge in [-0.15, -0.1) is 0 Å². The van der Waals surface area contributed by atoms with Crippen LogP contribution in [0, 0.1) is 11.3 Å². The maximum Gasteiger partial charge on any atom is 0.306 e. The first-order valence-electron chi connectivity index (χ1n) is 9.38. The Balaban J connectivity index is 1.79. The molecule has 0 spiro atoms. The van der Waals surface area contributed by atoms with Gasteiger partial charge in [-0.2, -0.15) is 10.2 Å². The van der Waals surface area contributed by atoms with Crippen molar-refractivity contribution in [3.05, 3.63) is 46.0 Å². The van der Waals surface area contributed by atoms with E-state index in [4.69, 9.17) is 10.00 Å². The van der Waals surface area contributed by atoms with Gasteiger partial charge in [0.25, 0.3) is 5.56 Å². The van der Waals surface area contributed by atoms with E-state index in [0.717, 1.165) is 25.1 Å². The van der Waals surface area contributed by atoms with E-state index in [1.165, 1.54) is 17.4 Å². The Morgan fingerprint density at radius 3 is 2.89 bits per heavy atom. The Morgan fingerprint density at radius 1 is 1.33 bits per heavy atom. The Hall–Kier alpha value is -3.14. The van der Waals surface area contributed by atoms with E-state index < -0.39 is 0 Å². The molecule has 7 heteroatoms. The van der Waals surface area contributed by atoms with Gasteiger partial charge in [0.15, 0.2) is 11.2 Å². The number of aromatic amines is 1. The number of nitrogens with zero attached hydrogens (tertiary/aromatic N) is 4. The number of rotatable bonds is 5. The van der Waals surface area contributed by atoms with Crippen LogP contribution in [0.1, 0.15) is 56.3 Å². The molecule has 2 aromatic heterocycles. The molecule has 1 aliphatic carbocycles. The normalized spacial score (nSPS) is 14.5. The smallest absolute Gasteiger partial charge is 0.306 e. The Bertz CT molecular complexity index is 1070. The van der Waals surface area contributed by atoms with Crippen LogP contribution in [-0.2, 0) is 6.54 Å². The first-order chi connectivity index (χ1) is 13.2. The lowest BCUT2D eigenvalue weighted by Crippen LogP contribution is -2.23. The molecule has 0 atom stereocenters. The molecule has 1 saturated carbocycles. The van der Waals surface area contributed by atoms with E-state index in [2.05, 4.69) is 21.0 Å². The lowest BCUT2D eigenvalue weighted by atomic mass is 10.1. The quantitative estimate of drug-likeness (QED) is 0.742. The molecule has 0 amide bonds. The summed E-state index contributed by atoms with van der Waals surface area (Å²) in [7, 11) is 0. The minimum Gasteiger partial charge on any atom is -0.425 e. The lowest BCUT2D eigenvalue weighted by molar-refractivity contribution is 0.398. The van der Waals surface area contributed by atoms with E-state index >= 15 is 0 Å². The number of hydrogen-bond donors (Lipinski definition) is 1. The van der Waals surface area contributed by atoms with Crippen molar-refractivity contribution in [2.24, 2.45) is 0 Å². The number of nitrogens with one attached hydrogen (secondary N) is 1. The molecule has 1 aliphatic rings. The molecule has 0 aliphatic heterocycles. The molecule has 0 bridgehead atoms. The van der Waals surface area contributed by atoms with Crippen molar-refractivity contribution in [3.8, 4) is 17.8 Å². The third-order valence-corrected chi connectivity index (χ3v) is 4.96. The van der Waals surface area contributed by atoms with Gasteiger partial charge in [0.05, 0.1) is 11.6 Å². The second-order valence-electron chi connectivity index (χ2n) is 6.89. The topological polar surface area (TPSA) is 96.6 Å². The van der Waals surface area contributed by atoms with Crippen molar-refractivity contribution in [2.45, 2.75) is 51.5 Å². The fourth-order valence-corrected chi connectivity index (χ4v) is 3.61. The molecule has 1 fully saturated rings. The third-order valence-electron chi connectivity index (χ3n) is 4.96. The van der Waals surface area contributed by atoms with E-state index in [1.807, 2.05) is 6.92 Å². The Morgan fingerprint density at radius 2 is 2.15 bits per heavy atom. The molecular weight excluding hydrogens is 342 g/mol. The second kappa shape index (κ2) is 7.23. The molecule has 1 aromatic carbocycles. The Kier molecular flexibility index (Phi) is 4.63. The number of H-pyrrole nitrogens is 1. The van der Waals surface area contributed by atoms with Crippen molar-refractivity contribution >= 4 is 11.2 Å². The summed E-state index contributed by atoms with van der Waals surface area (Å²) in [5, 5.41) is 9.07. The highest BCUT2D eigenvalue weighted by atomic mass is 16.5. The van der Waals surface area contributed by atoms with Gasteiger partial charge in [0.1, 0.15) is 11.6 Å². The van der Waals surface area contributed by atoms with Gasteiger partial charge in [-0.25, -0.2) is 4.98 Å². The van der Waals surface area contributed by atoms with Gasteiger partial charge in [0.2, 0.25) is 0 Å². The van der Waals surface area contributed by atoms with Crippen molar-refractivity contribution < 1.29 is 4.74 Å². The van der Waals surface area contributed by atoms with Crippen molar-refractivity contribution in [2.75, 3.05) is 0 Å². The SMILES string of the molecule is CCCn1c(Oc2cccc(C#N)c2)nc2nc(C3CCCC3)[nH]c2c1=O. The van der Waals surface area contributed by atoms with Crippen LogP contribution in [0.4, 0.5) is 0 Å². The molecule has 0 unspecified atom stereocenters. The maximum absolute atomic E-state index is 13.0. The van der Waals surface area contributed by atoms with Gasteiger partial charge in [-0.1, -0.05) is 25.8 Å². The van der Waals surface area contributed by atoms with E-state index in [1.54, 1.807) is 24.3 Å². The molecule has 138 valence electrons. The van der Waals surface area contributed by atoms with Crippen molar-refractivity contribution in [1.29, 1.82) is 5.26 Å². The summed E-state index contributed by atoms with van der Waals surface area (Å²) in [6, 6.07) is 9.09. The average molecular weight is 363 g/mol. The van der Waals surface area contributed by atoms with E-state index in [9.17, 15) is 4.79 Å². The summed E-state index contributed by atoms with van der Waals surface area (Å²) < 4.78 is 7.40. The van der Waals surface area contributed by atoms with Crippen LogP contribution >= 0.6 is 0 Å². The first kappa shape index (κ1) is 17.3. The van der Waals surface area contributed by atoms with Gasteiger partial charge in [0, 0.05) is 12.5 Å². The zero-order valence-electron chi connectivity index (χ0n) is 15.2. The molecule has 7 nitrogen and oxygen atoms in total. The summed E-state index contributed by atoms with van der Waals surface area (Å²) in [6.07, 6.45) is 5.34. The summed E-state index contributed by atoms with van der Waals surface area (Å²) in [5.74, 6) is 1.69. The maximum atomic E-state index is 13.0. The standard InChI is InChI=1S/C20H21N5O2/c1-2-10-25-19(26)16-18(23-17(22-16)14-7-3-4-8-14)24-20(25)27-15-9-5-6-13(11-15)12-21/h5-6,9,11,14H,2-4,7-8,10H2,1H3,(H,22,23). The van der Waals surface area contributed by atoms with E-state index in [-0.39, 0.29) is 11.6 Å². The fourth-order valence-electron chi connectivity index (χ4n) is 3.61. The van der Waals surface area contributed by atoms with E-state index in [0.29, 0.717) is 34.9 Å². The minimum atomic E-state index is -0.176. The van der Waals surface area contributed by atoms with Crippen LogP contribution in [-0.4, -0.2) is 19.5 Å². The molecule has 1 N–H and O–H groups in total. The fraction of sp³-hybridized carbons (Fsp3) is 0.400. The zero-order chi connectivity index (χ0) is 18.8. The van der Waals surface area contributed by atoms with Crippen LogP contribution in [0.5, 0.6) is 11.8 Å². The van der Waals surface area contributed by atoms with Crippen molar-refractivity contribution in [3.63, 3.8) is 0 Å². The van der Waals surface area contributed by atoms with Crippen LogP contribution in [0.15, 0.2) is 29.1 Å². The number of ether oxygens (including phenoxy) is 1. The van der Waals surface area contributed by atoms with Crippen LogP contribution in [0.3, 0.4) is 0 Å². The highest BCUT2D eigenvalue weighted by Gasteiger charge is 2.23. The van der Waals surface area contributed by atoms with Crippen LogP contribution in [0.25, 0.3) is 11.2 Å². The summed E-state index contributed by atoms with van der Waals surface area (Å²) in [6.45, 7) is 2.49. The number of fused-ring (bicyclic) bond motifs is 1. The highest BCUT2D eigenvalue weighted by Crippen LogP contribution is 2.33. The summed E-state index contributed by atoms with van der Waals surface area (Å²) in [4.78, 5) is 25.3. The molecule has 2 heterocycles. The lowest BCUT2D eigenvalue weighted by Gasteiger charge is -2.11. The van der Waals surface area contributed by atoms with Gasteiger partial charge in [-0.05, 0) is 37.5 Å². The predicted molar refractivity (Wildman–Crippen MR) is 101 cm³/mol. The monoisotopic (exact) mass is 363 g/mol. The zero-order valence-corrected chi connectivity index (χ0v) is 15.2. The number of hydrogen-bond acceptors (Lipinski definition) is 5. The molecule has 4 rings (SSSR count). The molecule has 0 radical (unpaired) electrons. The molecule has 3 aromatic rings. The van der Waals surface area contributed by atoms with Gasteiger partial charge < -0.3 is 9.72 Å². The number of benzene rings is 1. The molecule has 0 saturated heterocycles. The van der Waals surface area contributed by atoms with Crippen molar-refractivity contribution in [1.82, 2.24) is 19.5 Å². The van der Waals surface area contributed by atoms with Gasteiger partial charge >= 0.3 is 6.01 Å². The highest BCUT2D eigenvalue weighted by molar-refractivity contribution is 5.70. The number of aromatic nitrogens is 4. The second-order valence-corrected chi connectivity index (χ2v) is 6.89. The summed E-state index contributed by atoms with van der Waals surface area (Å²) in [5.41, 5.74) is 1.13. The van der Waals surface area contributed by atoms with Crippen LogP contribution < -0.4 is 10.3 Å². The average Bonchev–Trinajstić information content (AvgIpc) is 3.34. The number of nitriles is 1. The minimum absolute atomic E-state index is 0.176. The summed E-state index contributed by atoms with van der Waals surface area (Å²) >= 11 is 0.